The number of carbonyl (C=O) groups excluding carboxylic acids is 2. The third-order valence-electron chi connectivity index (χ3n) is 5.87. The van der Waals surface area contributed by atoms with Gasteiger partial charge in [0.1, 0.15) is 10.8 Å². The fraction of sp³-hybridized carbons (Fsp3) is 0.440. The number of methoxy groups -OCH3 is 1. The van der Waals surface area contributed by atoms with Crippen LogP contribution in [0.4, 0.5) is 5.00 Å². The molecule has 0 saturated heterocycles. The van der Waals surface area contributed by atoms with Gasteiger partial charge in [0.15, 0.2) is 11.0 Å². The zero-order chi connectivity index (χ0) is 24.8. The Hall–Kier alpha value is -2.85. The standard InChI is InChI=1S/C25H30N4O4S2/c1-4-29-22(16-11-13-17(32-3)14-12-16)27-28-25(29)34-15-20(30)26-23-21(24(31)33-5-2)18-9-7-6-8-10-19(18)35-23/h11-14H,4-10,15H2,1-3H3,(H,26,30). The number of nitrogens with one attached hydrogen (secondary N) is 1. The van der Waals surface area contributed by atoms with E-state index in [1.54, 1.807) is 14.0 Å². The lowest BCUT2D eigenvalue weighted by molar-refractivity contribution is -0.113. The van der Waals surface area contributed by atoms with Gasteiger partial charge in [0.2, 0.25) is 5.91 Å². The Morgan fingerprint density at radius 3 is 2.60 bits per heavy atom. The minimum absolute atomic E-state index is 0.158. The molecule has 0 aliphatic heterocycles. The molecular formula is C25H30N4O4S2. The number of thioether (sulfide) groups is 1. The van der Waals surface area contributed by atoms with Crippen molar-refractivity contribution in [1.82, 2.24) is 14.8 Å². The number of thiophene rings is 1. The predicted octanol–water partition coefficient (Wildman–Crippen LogP) is 5.21. The van der Waals surface area contributed by atoms with Crippen molar-refractivity contribution in [3.05, 3.63) is 40.3 Å². The minimum atomic E-state index is -0.357. The van der Waals surface area contributed by atoms with Crippen molar-refractivity contribution in [1.29, 1.82) is 0 Å². The van der Waals surface area contributed by atoms with Crippen molar-refractivity contribution in [2.45, 2.75) is 57.7 Å². The van der Waals surface area contributed by atoms with E-state index in [2.05, 4.69) is 15.5 Å². The Kier molecular flexibility index (Phi) is 8.46. The molecule has 1 aliphatic carbocycles. The highest BCUT2D eigenvalue weighted by Gasteiger charge is 2.26. The summed E-state index contributed by atoms with van der Waals surface area (Å²) < 4.78 is 12.5. The van der Waals surface area contributed by atoms with Crippen LogP contribution < -0.4 is 10.1 Å². The van der Waals surface area contributed by atoms with Crippen molar-refractivity contribution < 1.29 is 19.1 Å². The van der Waals surface area contributed by atoms with Crippen LogP contribution in [0, 0.1) is 0 Å². The van der Waals surface area contributed by atoms with Gasteiger partial charge in [-0.15, -0.1) is 21.5 Å². The summed E-state index contributed by atoms with van der Waals surface area (Å²) in [5.41, 5.74) is 2.50. The molecular weight excluding hydrogens is 484 g/mol. The van der Waals surface area contributed by atoms with E-state index in [-0.39, 0.29) is 17.6 Å². The van der Waals surface area contributed by atoms with Gasteiger partial charge in [-0.3, -0.25) is 4.79 Å². The average molecular weight is 515 g/mol. The molecule has 8 nitrogen and oxygen atoms in total. The lowest BCUT2D eigenvalue weighted by atomic mass is 10.1. The van der Waals surface area contributed by atoms with Crippen LogP contribution in [0.25, 0.3) is 11.4 Å². The number of fused-ring (bicyclic) bond motifs is 1. The number of aromatic nitrogens is 3. The van der Waals surface area contributed by atoms with Gasteiger partial charge >= 0.3 is 5.97 Å². The van der Waals surface area contributed by atoms with Crippen molar-refractivity contribution in [2.75, 3.05) is 24.8 Å². The number of carbonyl (C=O) groups is 2. The van der Waals surface area contributed by atoms with E-state index in [0.29, 0.717) is 28.9 Å². The van der Waals surface area contributed by atoms with Gasteiger partial charge in [-0.05, 0) is 69.4 Å². The smallest absolute Gasteiger partial charge is 0.341 e. The molecule has 2 heterocycles. The first-order chi connectivity index (χ1) is 17.0. The van der Waals surface area contributed by atoms with Gasteiger partial charge in [0, 0.05) is 17.0 Å². The van der Waals surface area contributed by atoms with E-state index in [4.69, 9.17) is 9.47 Å². The molecule has 0 spiro atoms. The zero-order valence-corrected chi connectivity index (χ0v) is 21.9. The number of ether oxygens (including phenoxy) is 2. The number of rotatable bonds is 9. The van der Waals surface area contributed by atoms with Crippen molar-refractivity contribution in [3.8, 4) is 17.1 Å². The third kappa shape index (κ3) is 5.70. The molecule has 1 aliphatic rings. The fourth-order valence-corrected chi connectivity index (χ4v) is 6.27. The van der Waals surface area contributed by atoms with E-state index in [9.17, 15) is 9.59 Å². The Morgan fingerprint density at radius 2 is 1.89 bits per heavy atom. The SMILES string of the molecule is CCOC(=O)c1c(NC(=O)CSc2nnc(-c3ccc(OC)cc3)n2CC)sc2c1CCCCC2. The number of nitrogens with zero attached hydrogens (tertiary/aromatic N) is 3. The number of esters is 1. The molecule has 0 bridgehead atoms. The topological polar surface area (TPSA) is 95.3 Å². The predicted molar refractivity (Wildman–Crippen MR) is 139 cm³/mol. The van der Waals surface area contributed by atoms with Gasteiger partial charge in [-0.1, -0.05) is 18.2 Å². The molecule has 3 aromatic rings. The van der Waals surface area contributed by atoms with Crippen molar-refractivity contribution >= 4 is 40.0 Å². The van der Waals surface area contributed by atoms with Crippen LogP contribution in [-0.2, 0) is 28.9 Å². The van der Waals surface area contributed by atoms with Crippen LogP contribution in [0.15, 0.2) is 29.4 Å². The maximum Gasteiger partial charge on any atom is 0.341 e. The summed E-state index contributed by atoms with van der Waals surface area (Å²) in [6.07, 6.45) is 5.08. The quantitative estimate of drug-likeness (QED) is 0.238. The summed E-state index contributed by atoms with van der Waals surface area (Å²) in [7, 11) is 1.63. The zero-order valence-electron chi connectivity index (χ0n) is 20.3. The number of hydrogen-bond acceptors (Lipinski definition) is 8. The Bertz CT molecular complexity index is 1190. The first-order valence-electron chi connectivity index (χ1n) is 11.9. The number of anilines is 1. The summed E-state index contributed by atoms with van der Waals surface area (Å²) in [5.74, 6) is 1.13. The van der Waals surface area contributed by atoms with Gasteiger partial charge in [-0.25, -0.2) is 4.79 Å². The highest BCUT2D eigenvalue weighted by molar-refractivity contribution is 7.99. The Balaban J connectivity index is 1.48. The molecule has 0 unspecified atom stereocenters. The molecule has 0 fully saturated rings. The number of aryl methyl sites for hydroxylation is 1. The normalized spacial score (nSPS) is 13.1. The highest BCUT2D eigenvalue weighted by Crippen LogP contribution is 2.38. The van der Waals surface area contributed by atoms with Gasteiger partial charge in [0.25, 0.3) is 0 Å². The average Bonchev–Trinajstić information content (AvgIpc) is 3.35. The molecule has 1 aromatic carbocycles. The molecule has 1 amide bonds. The maximum absolute atomic E-state index is 12.9. The summed E-state index contributed by atoms with van der Waals surface area (Å²) in [4.78, 5) is 26.8. The van der Waals surface area contributed by atoms with Crippen LogP contribution in [0.1, 0.15) is 53.9 Å². The first kappa shape index (κ1) is 25.2. The second kappa shape index (κ2) is 11.7. The summed E-state index contributed by atoms with van der Waals surface area (Å²) in [5, 5.41) is 12.9. The van der Waals surface area contributed by atoms with E-state index < -0.39 is 0 Å². The van der Waals surface area contributed by atoms with Crippen molar-refractivity contribution in [2.24, 2.45) is 0 Å². The molecule has 10 heteroatoms. The van der Waals surface area contributed by atoms with Crippen LogP contribution in [0.5, 0.6) is 5.75 Å². The third-order valence-corrected chi connectivity index (χ3v) is 8.04. The molecule has 2 aromatic heterocycles. The molecule has 1 N–H and O–H groups in total. The molecule has 0 atom stereocenters. The summed E-state index contributed by atoms with van der Waals surface area (Å²) in [6.45, 7) is 4.78. The van der Waals surface area contributed by atoms with E-state index >= 15 is 0 Å². The second-order valence-electron chi connectivity index (χ2n) is 8.10. The highest BCUT2D eigenvalue weighted by atomic mass is 32.2. The van der Waals surface area contributed by atoms with Gasteiger partial charge < -0.3 is 19.4 Å². The van der Waals surface area contributed by atoms with E-state index in [0.717, 1.165) is 54.8 Å². The fourth-order valence-electron chi connectivity index (χ4n) is 4.18. The molecule has 186 valence electrons. The Labute approximate surface area is 213 Å². The molecule has 35 heavy (non-hydrogen) atoms. The van der Waals surface area contributed by atoms with Crippen LogP contribution >= 0.6 is 23.1 Å². The summed E-state index contributed by atoms with van der Waals surface area (Å²) >= 11 is 2.83. The lowest BCUT2D eigenvalue weighted by Crippen LogP contribution is -2.17. The first-order valence-corrected chi connectivity index (χ1v) is 13.7. The van der Waals surface area contributed by atoms with Gasteiger partial charge in [-0.2, -0.15) is 0 Å². The number of hydrogen-bond donors (Lipinski definition) is 1. The second-order valence-corrected chi connectivity index (χ2v) is 10.2. The van der Waals surface area contributed by atoms with E-state index in [1.165, 1.54) is 28.0 Å². The number of benzene rings is 1. The number of amides is 1. The summed E-state index contributed by atoms with van der Waals surface area (Å²) in [6, 6.07) is 7.64. The Morgan fingerprint density at radius 1 is 1.11 bits per heavy atom. The largest absolute Gasteiger partial charge is 0.497 e. The van der Waals surface area contributed by atoms with Crippen LogP contribution in [0.2, 0.25) is 0 Å². The maximum atomic E-state index is 12.9. The minimum Gasteiger partial charge on any atom is -0.497 e. The van der Waals surface area contributed by atoms with Crippen molar-refractivity contribution in [3.63, 3.8) is 0 Å². The lowest BCUT2D eigenvalue weighted by Gasteiger charge is -2.09. The molecule has 0 saturated carbocycles. The van der Waals surface area contributed by atoms with Crippen LogP contribution in [-0.4, -0.2) is 46.1 Å². The van der Waals surface area contributed by atoms with E-state index in [1.807, 2.05) is 35.8 Å². The van der Waals surface area contributed by atoms with Crippen LogP contribution in [0.3, 0.4) is 0 Å². The molecule has 4 rings (SSSR count). The monoisotopic (exact) mass is 514 g/mol. The molecule has 0 radical (unpaired) electrons. The van der Waals surface area contributed by atoms with Gasteiger partial charge in [0.05, 0.1) is 25.0 Å².